The number of pyridine rings is 2. The second-order valence-electron chi connectivity index (χ2n) is 6.22. The van der Waals surface area contributed by atoms with Crippen LogP contribution < -0.4 is 5.32 Å². The van der Waals surface area contributed by atoms with Gasteiger partial charge in [-0.2, -0.15) is 0 Å². The highest BCUT2D eigenvalue weighted by Crippen LogP contribution is 2.19. The summed E-state index contributed by atoms with van der Waals surface area (Å²) >= 11 is 0. The molecule has 1 fully saturated rings. The Morgan fingerprint density at radius 2 is 2.00 bits per heavy atom. The number of rotatable bonds is 3. The van der Waals surface area contributed by atoms with Crippen LogP contribution in [0.1, 0.15) is 42.5 Å². The Hall–Kier alpha value is -2.76. The lowest BCUT2D eigenvalue weighted by atomic mass is 9.95. The van der Waals surface area contributed by atoms with E-state index in [1.165, 1.54) is 19.3 Å². The molecule has 0 atom stereocenters. The zero-order valence-electron chi connectivity index (χ0n) is 13.4. The Morgan fingerprint density at radius 3 is 2.79 bits per heavy atom. The van der Waals surface area contributed by atoms with Gasteiger partial charge in [-0.05, 0) is 37.1 Å². The quantitative estimate of drug-likeness (QED) is 0.805. The number of amides is 1. The predicted molar refractivity (Wildman–Crippen MR) is 90.6 cm³/mol. The van der Waals surface area contributed by atoms with E-state index in [4.69, 9.17) is 0 Å². The van der Waals surface area contributed by atoms with Crippen molar-refractivity contribution < 1.29 is 4.79 Å². The highest BCUT2D eigenvalue weighted by molar-refractivity contribution is 5.94. The maximum Gasteiger partial charge on any atom is 0.252 e. The summed E-state index contributed by atoms with van der Waals surface area (Å²) in [5.74, 6) is 0.653. The van der Waals surface area contributed by atoms with Crippen LogP contribution in [0, 0.1) is 0 Å². The molecule has 6 nitrogen and oxygen atoms in total. The maximum absolute atomic E-state index is 12.5. The minimum Gasteiger partial charge on any atom is -0.349 e. The number of hydrogen-bond donors (Lipinski definition) is 1. The molecule has 1 N–H and O–H groups in total. The van der Waals surface area contributed by atoms with E-state index in [0.717, 1.165) is 18.4 Å². The molecule has 24 heavy (non-hydrogen) atoms. The fraction of sp³-hybridized carbons (Fsp3) is 0.333. The Kier molecular flexibility index (Phi) is 3.94. The molecule has 6 heteroatoms. The van der Waals surface area contributed by atoms with Gasteiger partial charge in [0, 0.05) is 30.2 Å². The number of aromatic nitrogens is 4. The second-order valence-corrected chi connectivity index (χ2v) is 6.22. The molecule has 1 amide bonds. The van der Waals surface area contributed by atoms with E-state index < -0.39 is 0 Å². The van der Waals surface area contributed by atoms with Crippen LogP contribution in [0.25, 0.3) is 17.0 Å². The molecule has 0 saturated heterocycles. The smallest absolute Gasteiger partial charge is 0.252 e. The number of fused-ring (bicyclic) bond motifs is 1. The van der Waals surface area contributed by atoms with Crippen LogP contribution in [-0.4, -0.2) is 31.5 Å². The predicted octanol–water partition coefficient (Wildman–Crippen LogP) is 2.85. The van der Waals surface area contributed by atoms with Crippen molar-refractivity contribution in [3.63, 3.8) is 0 Å². The zero-order chi connectivity index (χ0) is 16.4. The van der Waals surface area contributed by atoms with E-state index in [0.29, 0.717) is 23.1 Å². The highest BCUT2D eigenvalue weighted by atomic mass is 16.1. The summed E-state index contributed by atoms with van der Waals surface area (Å²) in [7, 11) is 0. The SMILES string of the molecule is O=C(NC1CCCCC1)c1ccc2nnc(-c3cccnc3)n2c1. The van der Waals surface area contributed by atoms with Gasteiger partial charge in [0.2, 0.25) is 0 Å². The molecule has 0 unspecified atom stereocenters. The zero-order valence-corrected chi connectivity index (χ0v) is 13.4. The number of carbonyl (C=O) groups is 1. The summed E-state index contributed by atoms with van der Waals surface area (Å²) in [5.41, 5.74) is 2.20. The highest BCUT2D eigenvalue weighted by Gasteiger charge is 2.17. The molecule has 1 saturated carbocycles. The molecular weight excluding hydrogens is 302 g/mol. The van der Waals surface area contributed by atoms with Crippen molar-refractivity contribution in [1.82, 2.24) is 24.9 Å². The summed E-state index contributed by atoms with van der Waals surface area (Å²) in [6.07, 6.45) is 11.1. The number of carbonyl (C=O) groups excluding carboxylic acids is 1. The van der Waals surface area contributed by atoms with Gasteiger partial charge >= 0.3 is 0 Å². The lowest BCUT2D eigenvalue weighted by Gasteiger charge is -2.22. The average Bonchev–Trinajstić information content (AvgIpc) is 3.06. The summed E-state index contributed by atoms with van der Waals surface area (Å²) in [5, 5.41) is 11.5. The van der Waals surface area contributed by atoms with Crippen LogP contribution in [0.5, 0.6) is 0 Å². The molecule has 0 aliphatic heterocycles. The van der Waals surface area contributed by atoms with Crippen molar-refractivity contribution in [3.05, 3.63) is 48.4 Å². The summed E-state index contributed by atoms with van der Waals surface area (Å²) < 4.78 is 1.84. The van der Waals surface area contributed by atoms with E-state index in [1.54, 1.807) is 24.7 Å². The molecular formula is C18H19N5O. The fourth-order valence-corrected chi connectivity index (χ4v) is 3.23. The summed E-state index contributed by atoms with van der Waals surface area (Å²) in [6.45, 7) is 0. The van der Waals surface area contributed by atoms with Crippen molar-refractivity contribution in [1.29, 1.82) is 0 Å². The van der Waals surface area contributed by atoms with Crippen molar-refractivity contribution in [3.8, 4) is 11.4 Å². The molecule has 0 bridgehead atoms. The average molecular weight is 321 g/mol. The number of hydrogen-bond acceptors (Lipinski definition) is 4. The molecule has 0 spiro atoms. The topological polar surface area (TPSA) is 72.2 Å². The van der Waals surface area contributed by atoms with Gasteiger partial charge in [0.05, 0.1) is 5.56 Å². The van der Waals surface area contributed by atoms with Crippen molar-refractivity contribution in [2.24, 2.45) is 0 Å². The van der Waals surface area contributed by atoms with Gasteiger partial charge in [0.25, 0.3) is 5.91 Å². The van der Waals surface area contributed by atoms with Gasteiger partial charge in [-0.3, -0.25) is 14.2 Å². The lowest BCUT2D eigenvalue weighted by molar-refractivity contribution is 0.0927. The largest absolute Gasteiger partial charge is 0.349 e. The van der Waals surface area contributed by atoms with Crippen LogP contribution in [0.4, 0.5) is 0 Å². The second kappa shape index (κ2) is 6.39. The minimum atomic E-state index is -0.0327. The normalized spacial score (nSPS) is 15.5. The first kappa shape index (κ1) is 14.8. The van der Waals surface area contributed by atoms with Crippen LogP contribution in [0.2, 0.25) is 0 Å². The van der Waals surface area contributed by atoms with Crippen LogP contribution in [0.3, 0.4) is 0 Å². The molecule has 122 valence electrons. The van der Waals surface area contributed by atoms with E-state index >= 15 is 0 Å². The van der Waals surface area contributed by atoms with Gasteiger partial charge in [0.15, 0.2) is 11.5 Å². The molecule has 0 aromatic carbocycles. The molecule has 4 rings (SSSR count). The van der Waals surface area contributed by atoms with Crippen LogP contribution in [-0.2, 0) is 0 Å². The Morgan fingerprint density at radius 1 is 1.12 bits per heavy atom. The van der Waals surface area contributed by atoms with Crippen LogP contribution >= 0.6 is 0 Å². The van der Waals surface area contributed by atoms with E-state index in [2.05, 4.69) is 20.5 Å². The van der Waals surface area contributed by atoms with Gasteiger partial charge in [-0.25, -0.2) is 0 Å². The molecule has 3 heterocycles. The van der Waals surface area contributed by atoms with E-state index in [-0.39, 0.29) is 5.91 Å². The third-order valence-corrected chi connectivity index (χ3v) is 4.52. The Labute approximate surface area is 139 Å². The van der Waals surface area contributed by atoms with Gasteiger partial charge in [0.1, 0.15) is 0 Å². The van der Waals surface area contributed by atoms with Gasteiger partial charge in [-0.1, -0.05) is 19.3 Å². The van der Waals surface area contributed by atoms with Crippen molar-refractivity contribution >= 4 is 11.6 Å². The molecule has 1 aliphatic carbocycles. The lowest BCUT2D eigenvalue weighted by Crippen LogP contribution is -2.36. The Bertz CT molecular complexity index is 852. The molecule has 3 aromatic rings. The third-order valence-electron chi connectivity index (χ3n) is 4.52. The summed E-state index contributed by atoms with van der Waals surface area (Å²) in [4.78, 5) is 16.7. The number of nitrogens with zero attached hydrogens (tertiary/aromatic N) is 4. The van der Waals surface area contributed by atoms with Crippen LogP contribution in [0.15, 0.2) is 42.9 Å². The Balaban J connectivity index is 1.63. The van der Waals surface area contributed by atoms with E-state index in [9.17, 15) is 4.79 Å². The molecule has 0 radical (unpaired) electrons. The number of nitrogens with one attached hydrogen (secondary N) is 1. The first-order valence-electron chi connectivity index (χ1n) is 8.37. The van der Waals surface area contributed by atoms with E-state index in [1.807, 2.05) is 22.6 Å². The first-order valence-corrected chi connectivity index (χ1v) is 8.37. The monoisotopic (exact) mass is 321 g/mol. The first-order chi connectivity index (χ1) is 11.8. The summed E-state index contributed by atoms with van der Waals surface area (Å²) in [6, 6.07) is 7.70. The fourth-order valence-electron chi connectivity index (χ4n) is 3.23. The van der Waals surface area contributed by atoms with Gasteiger partial charge in [-0.15, -0.1) is 10.2 Å². The van der Waals surface area contributed by atoms with Gasteiger partial charge < -0.3 is 5.32 Å². The molecule has 1 aliphatic rings. The third kappa shape index (κ3) is 2.87. The molecule has 3 aromatic heterocycles. The van der Waals surface area contributed by atoms with Crippen molar-refractivity contribution in [2.75, 3.05) is 0 Å². The minimum absolute atomic E-state index is 0.0327. The maximum atomic E-state index is 12.5. The standard InChI is InChI=1S/C18H19N5O/c24-18(20-15-6-2-1-3-7-15)14-8-9-16-21-22-17(23(16)12-14)13-5-4-10-19-11-13/h4-5,8-12,15H,1-3,6-7H2,(H,20,24). The van der Waals surface area contributed by atoms with Crippen molar-refractivity contribution in [2.45, 2.75) is 38.1 Å².